The Balaban J connectivity index is 1.60. The van der Waals surface area contributed by atoms with E-state index < -0.39 is 5.82 Å². The van der Waals surface area contributed by atoms with Crippen LogP contribution in [0.3, 0.4) is 0 Å². The van der Waals surface area contributed by atoms with Crippen molar-refractivity contribution in [1.82, 2.24) is 20.4 Å². The van der Waals surface area contributed by atoms with E-state index in [1.54, 1.807) is 6.07 Å². The summed E-state index contributed by atoms with van der Waals surface area (Å²) in [5.74, 6) is -0.723. The molecule has 2 aliphatic heterocycles. The first-order valence-electron chi connectivity index (χ1n) is 10.3. The van der Waals surface area contributed by atoms with Crippen LogP contribution in [-0.2, 0) is 9.59 Å². The van der Waals surface area contributed by atoms with Crippen molar-refractivity contribution in [3.63, 3.8) is 0 Å². The Morgan fingerprint density at radius 2 is 2.07 bits per heavy atom. The third kappa shape index (κ3) is 4.93. The van der Waals surface area contributed by atoms with Crippen LogP contribution in [0.25, 0.3) is 0 Å². The Morgan fingerprint density at radius 1 is 1.31 bits per heavy atom. The van der Waals surface area contributed by atoms with E-state index in [-0.39, 0.29) is 41.4 Å². The third-order valence-corrected chi connectivity index (χ3v) is 5.85. The lowest BCUT2D eigenvalue weighted by atomic mass is 10.0. The first kappa shape index (κ1) is 21.2. The molecule has 2 fully saturated rings. The Bertz CT molecular complexity index is 768. The van der Waals surface area contributed by atoms with E-state index in [1.165, 1.54) is 18.2 Å². The highest BCUT2D eigenvalue weighted by molar-refractivity contribution is 5.94. The normalized spacial score (nSPS) is 24.0. The molecule has 0 aromatic heterocycles. The van der Waals surface area contributed by atoms with Crippen molar-refractivity contribution in [1.29, 1.82) is 0 Å². The van der Waals surface area contributed by atoms with Gasteiger partial charge in [0.1, 0.15) is 5.82 Å². The van der Waals surface area contributed by atoms with E-state index in [2.05, 4.69) is 15.5 Å². The lowest BCUT2D eigenvalue weighted by molar-refractivity contribution is -0.132. The van der Waals surface area contributed by atoms with E-state index in [1.807, 2.05) is 18.7 Å². The standard InChI is InChI=1S/C21H29FN4O3/c1-3-25(4-2)19(27)9-8-17-12-23-21(29)18-11-16(13-26(17)18)24-20(28)14-6-5-7-15(22)10-14/h5-7,10,16-18H,3-4,8-9,11-13H2,1-2H3,(H,23,29)(H,24,28). The molecule has 8 heteroatoms. The zero-order valence-electron chi connectivity index (χ0n) is 17.0. The van der Waals surface area contributed by atoms with Gasteiger partial charge >= 0.3 is 0 Å². The van der Waals surface area contributed by atoms with Crippen molar-refractivity contribution in [2.45, 2.75) is 51.2 Å². The van der Waals surface area contributed by atoms with Gasteiger partial charge < -0.3 is 15.5 Å². The van der Waals surface area contributed by atoms with Crippen molar-refractivity contribution in [2.75, 3.05) is 26.2 Å². The number of rotatable bonds is 7. The largest absolute Gasteiger partial charge is 0.353 e. The van der Waals surface area contributed by atoms with Crippen LogP contribution in [0.15, 0.2) is 24.3 Å². The summed E-state index contributed by atoms with van der Waals surface area (Å²) in [6, 6.07) is 5.12. The molecule has 0 saturated carbocycles. The fourth-order valence-corrected chi connectivity index (χ4v) is 4.27. The van der Waals surface area contributed by atoms with Crippen LogP contribution < -0.4 is 10.6 Å². The minimum Gasteiger partial charge on any atom is -0.353 e. The SMILES string of the molecule is CCN(CC)C(=O)CCC1CNC(=O)C2CC(NC(=O)c3cccc(F)c3)CN12. The second kappa shape index (κ2) is 9.35. The summed E-state index contributed by atoms with van der Waals surface area (Å²) in [4.78, 5) is 41.0. The molecule has 2 heterocycles. The molecule has 7 nitrogen and oxygen atoms in total. The number of hydrogen-bond donors (Lipinski definition) is 2. The Hall–Kier alpha value is -2.48. The number of carbonyl (C=O) groups excluding carboxylic acids is 3. The molecule has 3 unspecified atom stereocenters. The summed E-state index contributed by atoms with van der Waals surface area (Å²) in [5.41, 5.74) is 0.265. The molecular weight excluding hydrogens is 375 g/mol. The molecule has 0 spiro atoms. The smallest absolute Gasteiger partial charge is 0.251 e. The van der Waals surface area contributed by atoms with Gasteiger partial charge in [-0.3, -0.25) is 19.3 Å². The fourth-order valence-electron chi connectivity index (χ4n) is 4.27. The molecule has 158 valence electrons. The fraction of sp³-hybridized carbons (Fsp3) is 0.571. The van der Waals surface area contributed by atoms with Crippen molar-refractivity contribution < 1.29 is 18.8 Å². The van der Waals surface area contributed by atoms with Gasteiger partial charge in [0.15, 0.2) is 0 Å². The number of benzene rings is 1. The summed E-state index contributed by atoms with van der Waals surface area (Å²) in [7, 11) is 0. The van der Waals surface area contributed by atoms with Crippen LogP contribution in [0.5, 0.6) is 0 Å². The number of halogens is 1. The highest BCUT2D eigenvalue weighted by atomic mass is 19.1. The maximum atomic E-state index is 13.4. The summed E-state index contributed by atoms with van der Waals surface area (Å²) < 4.78 is 13.4. The molecule has 3 rings (SSSR count). The van der Waals surface area contributed by atoms with Crippen LogP contribution in [0.4, 0.5) is 4.39 Å². The van der Waals surface area contributed by atoms with Gasteiger partial charge in [0.2, 0.25) is 11.8 Å². The predicted molar refractivity (Wildman–Crippen MR) is 107 cm³/mol. The molecule has 1 aromatic carbocycles. The second-order valence-corrected chi connectivity index (χ2v) is 7.63. The van der Waals surface area contributed by atoms with E-state index in [0.29, 0.717) is 45.4 Å². The van der Waals surface area contributed by atoms with Crippen molar-refractivity contribution in [3.05, 3.63) is 35.6 Å². The molecule has 1 aromatic rings. The minimum absolute atomic E-state index is 0.0428. The van der Waals surface area contributed by atoms with Crippen molar-refractivity contribution in [2.24, 2.45) is 0 Å². The predicted octanol–water partition coefficient (Wildman–Crippen LogP) is 1.15. The summed E-state index contributed by atoms with van der Waals surface area (Å²) in [6.45, 7) is 6.36. The van der Waals surface area contributed by atoms with Crippen LogP contribution >= 0.6 is 0 Å². The van der Waals surface area contributed by atoms with Crippen LogP contribution in [0.1, 0.15) is 43.5 Å². The topological polar surface area (TPSA) is 81.8 Å². The zero-order valence-corrected chi connectivity index (χ0v) is 17.0. The molecular formula is C21H29FN4O3. The summed E-state index contributed by atoms with van der Waals surface area (Å²) in [5, 5.41) is 5.85. The quantitative estimate of drug-likeness (QED) is 0.714. The number of piperazine rings is 1. The van der Waals surface area contributed by atoms with Gasteiger partial charge in [-0.2, -0.15) is 0 Å². The van der Waals surface area contributed by atoms with Crippen molar-refractivity contribution >= 4 is 17.7 Å². The number of hydrogen-bond acceptors (Lipinski definition) is 4. The van der Waals surface area contributed by atoms with Gasteiger partial charge in [-0.05, 0) is 44.9 Å². The van der Waals surface area contributed by atoms with E-state index >= 15 is 0 Å². The highest BCUT2D eigenvalue weighted by Crippen LogP contribution is 2.26. The van der Waals surface area contributed by atoms with Crippen LogP contribution in [0, 0.1) is 5.82 Å². The van der Waals surface area contributed by atoms with Crippen LogP contribution in [0.2, 0.25) is 0 Å². The number of fused-ring (bicyclic) bond motifs is 1. The summed E-state index contributed by atoms with van der Waals surface area (Å²) >= 11 is 0. The monoisotopic (exact) mass is 404 g/mol. The van der Waals surface area contributed by atoms with E-state index in [9.17, 15) is 18.8 Å². The molecule has 3 amide bonds. The van der Waals surface area contributed by atoms with E-state index in [0.717, 1.165) is 0 Å². The first-order chi connectivity index (χ1) is 13.9. The zero-order chi connectivity index (χ0) is 21.0. The Labute approximate surface area is 170 Å². The average molecular weight is 404 g/mol. The number of nitrogens with one attached hydrogen (secondary N) is 2. The molecule has 3 atom stereocenters. The second-order valence-electron chi connectivity index (χ2n) is 7.63. The Morgan fingerprint density at radius 3 is 2.76 bits per heavy atom. The maximum Gasteiger partial charge on any atom is 0.251 e. The molecule has 2 N–H and O–H groups in total. The van der Waals surface area contributed by atoms with Crippen LogP contribution in [-0.4, -0.2) is 71.8 Å². The molecule has 0 radical (unpaired) electrons. The average Bonchev–Trinajstić information content (AvgIpc) is 3.13. The van der Waals surface area contributed by atoms with Gasteiger partial charge in [0.05, 0.1) is 6.04 Å². The first-order valence-corrected chi connectivity index (χ1v) is 10.3. The number of carbonyl (C=O) groups is 3. The van der Waals surface area contributed by atoms with Gasteiger partial charge in [-0.25, -0.2) is 4.39 Å². The third-order valence-electron chi connectivity index (χ3n) is 5.85. The van der Waals surface area contributed by atoms with Crippen molar-refractivity contribution in [3.8, 4) is 0 Å². The lowest BCUT2D eigenvalue weighted by Crippen LogP contribution is -2.58. The molecule has 2 saturated heterocycles. The van der Waals surface area contributed by atoms with Gasteiger partial charge in [0.25, 0.3) is 5.91 Å². The number of nitrogens with zero attached hydrogens (tertiary/aromatic N) is 2. The summed E-state index contributed by atoms with van der Waals surface area (Å²) in [6.07, 6.45) is 1.61. The number of amides is 3. The van der Waals surface area contributed by atoms with Gasteiger partial charge in [-0.15, -0.1) is 0 Å². The lowest BCUT2D eigenvalue weighted by Gasteiger charge is -2.37. The van der Waals surface area contributed by atoms with Gasteiger partial charge in [0, 0.05) is 50.2 Å². The Kier molecular flexibility index (Phi) is 6.84. The molecule has 2 aliphatic rings. The molecule has 0 bridgehead atoms. The highest BCUT2D eigenvalue weighted by Gasteiger charge is 2.43. The molecule has 0 aliphatic carbocycles. The van der Waals surface area contributed by atoms with Gasteiger partial charge in [-0.1, -0.05) is 6.07 Å². The molecule has 29 heavy (non-hydrogen) atoms. The van der Waals surface area contributed by atoms with E-state index in [4.69, 9.17) is 0 Å². The maximum absolute atomic E-state index is 13.4. The minimum atomic E-state index is -0.459.